The van der Waals surface area contributed by atoms with Gasteiger partial charge in [0.25, 0.3) is 15.9 Å². The van der Waals surface area contributed by atoms with Gasteiger partial charge in [0.2, 0.25) is 0 Å². The van der Waals surface area contributed by atoms with Crippen molar-refractivity contribution in [1.82, 2.24) is 0 Å². The van der Waals surface area contributed by atoms with Crippen LogP contribution in [0.3, 0.4) is 0 Å². The fourth-order valence-electron chi connectivity index (χ4n) is 2.32. The first-order chi connectivity index (χ1) is 13.2. The van der Waals surface area contributed by atoms with E-state index in [2.05, 4.69) is 10.0 Å². The van der Waals surface area contributed by atoms with Crippen molar-refractivity contribution in [2.75, 3.05) is 10.0 Å². The largest absolute Gasteiger partial charge is 0.322 e. The van der Waals surface area contributed by atoms with Gasteiger partial charge < -0.3 is 5.32 Å². The average molecular weight is 406 g/mol. The summed E-state index contributed by atoms with van der Waals surface area (Å²) in [5.41, 5.74) is 0.191. The number of halogens is 3. The van der Waals surface area contributed by atoms with E-state index in [1.807, 2.05) is 0 Å². The normalized spacial score (nSPS) is 11.1. The van der Waals surface area contributed by atoms with Crippen LogP contribution >= 0.6 is 0 Å². The van der Waals surface area contributed by atoms with Gasteiger partial charge in [0.15, 0.2) is 0 Å². The first-order valence-corrected chi connectivity index (χ1v) is 9.38. The Morgan fingerprint density at radius 1 is 0.750 bits per heavy atom. The molecular formula is C19H13F3N2O3S. The van der Waals surface area contributed by atoms with E-state index in [0.717, 1.165) is 42.5 Å². The van der Waals surface area contributed by atoms with Crippen LogP contribution in [0.15, 0.2) is 71.6 Å². The van der Waals surface area contributed by atoms with Crippen molar-refractivity contribution in [2.45, 2.75) is 4.90 Å². The van der Waals surface area contributed by atoms with E-state index in [0.29, 0.717) is 0 Å². The van der Waals surface area contributed by atoms with Gasteiger partial charge in [0.05, 0.1) is 0 Å². The molecular weight excluding hydrogens is 393 g/mol. The zero-order valence-electron chi connectivity index (χ0n) is 14.1. The Hall–Kier alpha value is -3.33. The summed E-state index contributed by atoms with van der Waals surface area (Å²) in [4.78, 5) is 11.6. The van der Waals surface area contributed by atoms with Crippen molar-refractivity contribution in [3.05, 3.63) is 89.7 Å². The van der Waals surface area contributed by atoms with Crippen LogP contribution in [0.1, 0.15) is 10.4 Å². The summed E-state index contributed by atoms with van der Waals surface area (Å²) in [5, 5.41) is 2.45. The number of amides is 1. The highest BCUT2D eigenvalue weighted by Crippen LogP contribution is 2.21. The third-order valence-electron chi connectivity index (χ3n) is 3.68. The molecule has 3 aromatic carbocycles. The number of rotatable bonds is 5. The minimum Gasteiger partial charge on any atom is -0.322 e. The van der Waals surface area contributed by atoms with Crippen LogP contribution in [-0.4, -0.2) is 14.3 Å². The van der Waals surface area contributed by atoms with E-state index >= 15 is 0 Å². The average Bonchev–Trinajstić information content (AvgIpc) is 2.65. The maximum Gasteiger partial charge on any atom is 0.264 e. The number of hydrogen-bond donors (Lipinski definition) is 2. The van der Waals surface area contributed by atoms with Crippen molar-refractivity contribution in [3.63, 3.8) is 0 Å². The molecule has 2 N–H and O–H groups in total. The van der Waals surface area contributed by atoms with E-state index in [1.165, 1.54) is 24.3 Å². The molecule has 0 atom stereocenters. The topological polar surface area (TPSA) is 75.3 Å². The highest BCUT2D eigenvalue weighted by atomic mass is 32.2. The molecule has 0 spiro atoms. The summed E-state index contributed by atoms with van der Waals surface area (Å²) >= 11 is 0. The third-order valence-corrected chi connectivity index (χ3v) is 5.08. The molecule has 0 saturated heterocycles. The molecule has 0 heterocycles. The van der Waals surface area contributed by atoms with Crippen LogP contribution < -0.4 is 10.0 Å². The van der Waals surface area contributed by atoms with E-state index in [4.69, 9.17) is 0 Å². The second-order valence-corrected chi connectivity index (χ2v) is 7.37. The van der Waals surface area contributed by atoms with Gasteiger partial charge >= 0.3 is 0 Å². The molecule has 9 heteroatoms. The molecule has 0 unspecified atom stereocenters. The predicted molar refractivity (Wildman–Crippen MR) is 98.0 cm³/mol. The first-order valence-electron chi connectivity index (χ1n) is 7.89. The molecule has 0 bridgehead atoms. The van der Waals surface area contributed by atoms with Crippen LogP contribution in [0.2, 0.25) is 0 Å². The highest BCUT2D eigenvalue weighted by Gasteiger charge is 2.21. The van der Waals surface area contributed by atoms with Gasteiger partial charge in [-0.2, -0.15) is 0 Å². The number of benzene rings is 3. The molecule has 0 fully saturated rings. The number of carbonyl (C=O) groups excluding carboxylic acids is 1. The fraction of sp³-hybridized carbons (Fsp3) is 0. The lowest BCUT2D eigenvalue weighted by Crippen LogP contribution is -2.17. The summed E-state index contributed by atoms with van der Waals surface area (Å²) in [6.45, 7) is 0. The SMILES string of the molecule is O=C(Nc1ccc(F)cc1)c1ccc(F)c(S(=O)(=O)Nc2ccc(F)cc2)c1. The Morgan fingerprint density at radius 3 is 1.86 bits per heavy atom. The van der Waals surface area contributed by atoms with Gasteiger partial charge in [0, 0.05) is 16.9 Å². The van der Waals surface area contributed by atoms with Gasteiger partial charge in [-0.05, 0) is 66.7 Å². The van der Waals surface area contributed by atoms with Crippen molar-refractivity contribution in [2.24, 2.45) is 0 Å². The van der Waals surface area contributed by atoms with Crippen molar-refractivity contribution >= 4 is 27.3 Å². The minimum absolute atomic E-state index is 0.0296. The molecule has 0 aliphatic rings. The Morgan fingerprint density at radius 2 is 1.29 bits per heavy atom. The molecule has 0 aliphatic heterocycles. The van der Waals surface area contributed by atoms with Gasteiger partial charge in [-0.15, -0.1) is 0 Å². The van der Waals surface area contributed by atoms with Gasteiger partial charge in [-0.25, -0.2) is 21.6 Å². The molecule has 0 saturated carbocycles. The molecule has 0 aromatic heterocycles. The summed E-state index contributed by atoms with van der Waals surface area (Å²) in [6, 6.07) is 12.2. The number of nitrogens with one attached hydrogen (secondary N) is 2. The van der Waals surface area contributed by atoms with Crippen molar-refractivity contribution < 1.29 is 26.4 Å². The van der Waals surface area contributed by atoms with Crippen LogP contribution in [0.25, 0.3) is 0 Å². The lowest BCUT2D eigenvalue weighted by atomic mass is 10.2. The second kappa shape index (κ2) is 7.73. The molecule has 3 rings (SSSR count). The molecule has 28 heavy (non-hydrogen) atoms. The monoisotopic (exact) mass is 406 g/mol. The Bertz CT molecular complexity index is 1120. The zero-order valence-corrected chi connectivity index (χ0v) is 14.9. The second-order valence-electron chi connectivity index (χ2n) is 5.72. The maximum absolute atomic E-state index is 14.1. The molecule has 1 amide bonds. The highest BCUT2D eigenvalue weighted by molar-refractivity contribution is 7.92. The van der Waals surface area contributed by atoms with E-state index in [1.54, 1.807) is 0 Å². The van der Waals surface area contributed by atoms with Crippen LogP contribution in [0, 0.1) is 17.5 Å². The van der Waals surface area contributed by atoms with E-state index < -0.39 is 38.3 Å². The molecule has 3 aromatic rings. The van der Waals surface area contributed by atoms with Crippen LogP contribution in [0.4, 0.5) is 24.5 Å². The van der Waals surface area contributed by atoms with Crippen LogP contribution in [-0.2, 0) is 10.0 Å². The number of carbonyl (C=O) groups is 1. The smallest absolute Gasteiger partial charge is 0.264 e. The summed E-state index contributed by atoms with van der Waals surface area (Å²) < 4.78 is 67.0. The molecule has 5 nitrogen and oxygen atoms in total. The Kier molecular flexibility index (Phi) is 5.36. The summed E-state index contributed by atoms with van der Waals surface area (Å²) in [7, 11) is -4.37. The summed E-state index contributed by atoms with van der Waals surface area (Å²) in [6.07, 6.45) is 0. The van der Waals surface area contributed by atoms with Gasteiger partial charge in [-0.1, -0.05) is 0 Å². The van der Waals surface area contributed by atoms with E-state index in [9.17, 15) is 26.4 Å². The van der Waals surface area contributed by atoms with Crippen molar-refractivity contribution in [3.8, 4) is 0 Å². The number of hydrogen-bond acceptors (Lipinski definition) is 3. The lowest BCUT2D eigenvalue weighted by Gasteiger charge is -2.11. The Balaban J connectivity index is 1.86. The minimum atomic E-state index is -4.37. The number of anilines is 2. The Labute approximate surface area is 158 Å². The molecule has 0 aliphatic carbocycles. The van der Waals surface area contributed by atoms with Crippen LogP contribution in [0.5, 0.6) is 0 Å². The summed E-state index contributed by atoms with van der Waals surface area (Å²) in [5.74, 6) is -2.81. The quantitative estimate of drug-likeness (QED) is 0.668. The standard InChI is InChI=1S/C19H13F3N2O3S/c20-13-2-6-15(7-3-13)23-19(25)12-1-10-17(22)18(11-12)28(26,27)24-16-8-4-14(21)5-9-16/h1-11,24H,(H,23,25). The molecule has 144 valence electrons. The predicted octanol–water partition coefficient (Wildman–Crippen LogP) is 4.16. The molecule has 0 radical (unpaired) electrons. The van der Waals surface area contributed by atoms with Gasteiger partial charge in [0.1, 0.15) is 22.3 Å². The maximum atomic E-state index is 14.1. The zero-order chi connectivity index (χ0) is 20.3. The van der Waals surface area contributed by atoms with E-state index in [-0.39, 0.29) is 16.9 Å². The number of sulfonamides is 1. The lowest BCUT2D eigenvalue weighted by molar-refractivity contribution is 0.102. The fourth-order valence-corrected chi connectivity index (χ4v) is 3.48. The van der Waals surface area contributed by atoms with Gasteiger partial charge in [-0.3, -0.25) is 9.52 Å². The third kappa shape index (κ3) is 4.49. The van der Waals surface area contributed by atoms with Crippen molar-refractivity contribution in [1.29, 1.82) is 0 Å². The first kappa shape index (κ1) is 19.4.